The summed E-state index contributed by atoms with van der Waals surface area (Å²) >= 11 is 3.85. The molecule has 0 nitrogen and oxygen atoms in total. The summed E-state index contributed by atoms with van der Waals surface area (Å²) in [5.41, 5.74) is 0. The van der Waals surface area contributed by atoms with E-state index in [0.29, 0.717) is 0 Å². The van der Waals surface area contributed by atoms with Gasteiger partial charge < -0.3 is 0 Å². The van der Waals surface area contributed by atoms with Crippen LogP contribution in [0, 0.1) is 0 Å². The molecule has 0 radical (unpaired) electrons. The van der Waals surface area contributed by atoms with Crippen molar-refractivity contribution in [3.63, 3.8) is 0 Å². The van der Waals surface area contributed by atoms with Crippen molar-refractivity contribution in [2.75, 3.05) is 0 Å². The van der Waals surface area contributed by atoms with Crippen molar-refractivity contribution in [1.82, 2.24) is 0 Å². The Labute approximate surface area is 182 Å². The van der Waals surface area contributed by atoms with Crippen LogP contribution in [-0.2, 0) is 0 Å². The van der Waals surface area contributed by atoms with Gasteiger partial charge in [0.2, 0.25) is 0 Å². The summed E-state index contributed by atoms with van der Waals surface area (Å²) in [6.07, 6.45) is 0. The van der Waals surface area contributed by atoms with Crippen LogP contribution in [-0.4, -0.2) is 0 Å². The molecule has 30 heavy (non-hydrogen) atoms. The van der Waals surface area contributed by atoms with Crippen LogP contribution in [0.15, 0.2) is 117 Å². The maximum atomic E-state index is 2.33. The Bertz CT molecular complexity index is 1650. The van der Waals surface area contributed by atoms with E-state index in [-0.39, 0.29) is 0 Å². The molecular weight excluding hydrogens is 400 g/mol. The first-order chi connectivity index (χ1) is 14.9. The zero-order chi connectivity index (χ0) is 19.7. The van der Waals surface area contributed by atoms with Crippen molar-refractivity contribution in [3.05, 3.63) is 97.1 Å². The molecule has 0 amide bonds. The number of benzene rings is 6. The lowest BCUT2D eigenvalue weighted by molar-refractivity contribution is 1.20. The molecule has 1 aliphatic rings. The van der Waals surface area contributed by atoms with Crippen LogP contribution < -0.4 is 0 Å². The molecule has 0 atom stereocenters. The first-order valence-electron chi connectivity index (χ1n) is 10.1. The number of hydrogen-bond acceptors (Lipinski definition) is 2. The lowest BCUT2D eigenvalue weighted by Gasteiger charge is -2.24. The van der Waals surface area contributed by atoms with Crippen LogP contribution in [0.5, 0.6) is 0 Å². The van der Waals surface area contributed by atoms with Gasteiger partial charge >= 0.3 is 0 Å². The van der Waals surface area contributed by atoms with Crippen molar-refractivity contribution >= 4 is 66.6 Å². The monoisotopic (exact) mass is 416 g/mol. The molecule has 0 spiro atoms. The van der Waals surface area contributed by atoms with Gasteiger partial charge in [-0.1, -0.05) is 108 Å². The first-order valence-corrected chi connectivity index (χ1v) is 11.8. The molecule has 2 heteroatoms. The van der Waals surface area contributed by atoms with Crippen molar-refractivity contribution in [2.45, 2.75) is 19.6 Å². The lowest BCUT2D eigenvalue weighted by atomic mass is 9.93. The highest BCUT2D eigenvalue weighted by molar-refractivity contribution is 8.05. The Hall–Kier alpha value is -2.94. The molecule has 0 bridgehead atoms. The minimum Gasteiger partial charge on any atom is -0.0870 e. The van der Waals surface area contributed by atoms with Gasteiger partial charge in [0.05, 0.1) is 0 Å². The van der Waals surface area contributed by atoms with Gasteiger partial charge in [-0.25, -0.2) is 0 Å². The summed E-state index contributed by atoms with van der Waals surface area (Å²) in [4.78, 5) is 5.49. The van der Waals surface area contributed by atoms with Crippen molar-refractivity contribution in [1.29, 1.82) is 0 Å². The molecule has 6 aromatic carbocycles. The fourth-order valence-electron chi connectivity index (χ4n) is 4.75. The summed E-state index contributed by atoms with van der Waals surface area (Å²) in [5, 5.41) is 10.8. The van der Waals surface area contributed by atoms with Gasteiger partial charge in [-0.15, -0.1) is 0 Å². The molecule has 0 aromatic heterocycles. The van der Waals surface area contributed by atoms with Gasteiger partial charge in [-0.05, 0) is 49.8 Å². The third kappa shape index (κ3) is 2.26. The largest absolute Gasteiger partial charge is 0.0870 e. The summed E-state index contributed by atoms with van der Waals surface area (Å²) in [6, 6.07) is 35.6. The van der Waals surface area contributed by atoms with E-state index in [2.05, 4.69) is 97.1 Å². The predicted octanol–water partition coefficient (Wildman–Crippen LogP) is 8.92. The molecule has 0 aliphatic carbocycles. The van der Waals surface area contributed by atoms with Gasteiger partial charge in [0.15, 0.2) is 0 Å². The predicted molar refractivity (Wildman–Crippen MR) is 131 cm³/mol. The average Bonchev–Trinajstić information content (AvgIpc) is 2.82. The normalized spacial score (nSPS) is 13.1. The molecule has 1 aliphatic heterocycles. The third-order valence-electron chi connectivity index (χ3n) is 6.08. The summed E-state index contributed by atoms with van der Waals surface area (Å²) in [6.45, 7) is 0. The van der Waals surface area contributed by atoms with E-state index in [0.717, 1.165) is 0 Å². The molecule has 0 saturated carbocycles. The van der Waals surface area contributed by atoms with Crippen LogP contribution in [0.4, 0.5) is 0 Å². The number of fused-ring (bicyclic) bond motifs is 11. The molecule has 6 aromatic rings. The first kappa shape index (κ1) is 16.8. The van der Waals surface area contributed by atoms with Gasteiger partial charge in [-0.2, -0.15) is 0 Å². The summed E-state index contributed by atoms with van der Waals surface area (Å²) < 4.78 is 0. The quantitative estimate of drug-likeness (QED) is 0.226. The van der Waals surface area contributed by atoms with Crippen molar-refractivity contribution in [2.24, 2.45) is 0 Å². The fourth-order valence-corrected chi connectivity index (χ4v) is 7.32. The second-order valence-electron chi connectivity index (χ2n) is 7.73. The SMILES string of the molecule is c1ccc2c(c1)Sc1c(c3c4ccccc4ccc3c3c1ccc1ccccc13)S2. The Morgan fingerprint density at radius 2 is 0.900 bits per heavy atom. The molecule has 0 unspecified atom stereocenters. The molecule has 0 N–H and O–H groups in total. The Morgan fingerprint density at radius 3 is 1.60 bits per heavy atom. The topological polar surface area (TPSA) is 0 Å². The summed E-state index contributed by atoms with van der Waals surface area (Å²) in [7, 11) is 0. The van der Waals surface area contributed by atoms with E-state index >= 15 is 0 Å². The Balaban J connectivity index is 1.76. The van der Waals surface area contributed by atoms with Gasteiger partial charge in [0.1, 0.15) is 0 Å². The second kappa shape index (κ2) is 6.28. The molecular formula is C28H16S2. The molecule has 0 fully saturated rings. The highest BCUT2D eigenvalue weighted by atomic mass is 32.2. The van der Waals surface area contributed by atoms with Gasteiger partial charge in [0.25, 0.3) is 0 Å². The van der Waals surface area contributed by atoms with Crippen molar-refractivity contribution in [3.8, 4) is 0 Å². The van der Waals surface area contributed by atoms with E-state index < -0.39 is 0 Å². The van der Waals surface area contributed by atoms with Crippen LogP contribution in [0.25, 0.3) is 43.1 Å². The van der Waals surface area contributed by atoms with E-state index in [4.69, 9.17) is 0 Å². The highest BCUT2D eigenvalue weighted by Gasteiger charge is 2.24. The molecule has 0 saturated heterocycles. The highest BCUT2D eigenvalue weighted by Crippen LogP contribution is 2.55. The van der Waals surface area contributed by atoms with E-state index in [1.54, 1.807) is 0 Å². The standard InChI is InChI=1S/C28H16S2/c1-3-9-19-17(7-1)14-16-22-25(19)21-15-13-18-8-2-4-10-20(18)26(21)28-27(22)29-23-11-5-6-12-24(23)30-28/h1-16H. The third-order valence-corrected chi connectivity index (χ3v) is 8.73. The maximum Gasteiger partial charge on any atom is 0.0353 e. The molecule has 140 valence electrons. The number of hydrogen-bond donors (Lipinski definition) is 0. The second-order valence-corrected chi connectivity index (χ2v) is 9.83. The Kier molecular flexibility index (Phi) is 3.52. The summed E-state index contributed by atoms with van der Waals surface area (Å²) in [5.74, 6) is 0. The van der Waals surface area contributed by atoms with E-state index in [1.165, 1.54) is 62.7 Å². The van der Waals surface area contributed by atoms with Gasteiger partial charge in [0, 0.05) is 25.0 Å². The van der Waals surface area contributed by atoms with Crippen LogP contribution in [0.3, 0.4) is 0 Å². The minimum atomic E-state index is 1.30. The smallest absolute Gasteiger partial charge is 0.0353 e. The van der Waals surface area contributed by atoms with Crippen molar-refractivity contribution < 1.29 is 0 Å². The van der Waals surface area contributed by atoms with E-state index in [9.17, 15) is 0 Å². The van der Waals surface area contributed by atoms with Crippen LogP contribution >= 0.6 is 23.5 Å². The van der Waals surface area contributed by atoms with Crippen LogP contribution in [0.2, 0.25) is 0 Å². The zero-order valence-corrected chi connectivity index (χ0v) is 17.7. The minimum absolute atomic E-state index is 1.30. The molecule has 1 heterocycles. The van der Waals surface area contributed by atoms with Gasteiger partial charge in [-0.3, -0.25) is 0 Å². The van der Waals surface area contributed by atoms with Crippen LogP contribution in [0.1, 0.15) is 0 Å². The zero-order valence-electron chi connectivity index (χ0n) is 16.1. The lowest BCUT2D eigenvalue weighted by Crippen LogP contribution is -1.94. The fraction of sp³-hybridized carbons (Fsp3) is 0. The Morgan fingerprint density at radius 1 is 0.367 bits per heavy atom. The maximum absolute atomic E-state index is 2.33. The number of rotatable bonds is 0. The average molecular weight is 417 g/mol. The van der Waals surface area contributed by atoms with E-state index in [1.807, 2.05) is 23.5 Å². The molecule has 7 rings (SSSR count).